The molecular formula is C26H23ClN2O5S. The van der Waals surface area contributed by atoms with Gasteiger partial charge in [0.05, 0.1) is 23.7 Å². The highest BCUT2D eigenvalue weighted by Crippen LogP contribution is 2.51. The largest absolute Gasteiger partial charge is 0.495 e. The molecule has 3 aromatic rings. The summed E-state index contributed by atoms with van der Waals surface area (Å²) in [6.07, 6.45) is 5.24. The van der Waals surface area contributed by atoms with Crippen molar-refractivity contribution in [3.63, 3.8) is 0 Å². The molecule has 0 amide bonds. The van der Waals surface area contributed by atoms with Gasteiger partial charge >= 0.3 is 0 Å². The number of ether oxygens (including phenoxy) is 3. The number of sulfonamides is 1. The van der Waals surface area contributed by atoms with E-state index in [-0.39, 0.29) is 35.3 Å². The van der Waals surface area contributed by atoms with Crippen LogP contribution in [0.2, 0.25) is 5.02 Å². The first kappa shape index (κ1) is 22.1. The van der Waals surface area contributed by atoms with E-state index in [2.05, 4.69) is 28.3 Å². The Morgan fingerprint density at radius 1 is 1.06 bits per heavy atom. The normalized spacial score (nSPS) is 21.7. The number of hydrogen-bond acceptors (Lipinski definition) is 6. The first-order valence-corrected chi connectivity index (χ1v) is 13.1. The molecule has 0 fully saturated rings. The SMILES string of the molecule is COc1ccc(Cl)cc1NS(=O)(=O)c1ccc2c(c1)[C@H]1C=CC[C@H]1[C@@H](c1ccc3c(c1)OCO3)N2. The zero-order chi connectivity index (χ0) is 24.2. The molecule has 2 aliphatic heterocycles. The highest BCUT2D eigenvalue weighted by Gasteiger charge is 2.39. The Hall–Kier alpha value is -3.36. The van der Waals surface area contributed by atoms with Gasteiger partial charge in [0.2, 0.25) is 6.79 Å². The Balaban J connectivity index is 1.33. The van der Waals surface area contributed by atoms with E-state index in [1.165, 1.54) is 13.2 Å². The summed E-state index contributed by atoms with van der Waals surface area (Å²) in [5, 5.41) is 4.05. The fraction of sp³-hybridized carbons (Fsp3) is 0.231. The summed E-state index contributed by atoms with van der Waals surface area (Å²) in [6, 6.07) is 16.1. The van der Waals surface area contributed by atoms with Crippen molar-refractivity contribution in [3.8, 4) is 17.2 Å². The molecule has 6 rings (SSSR count). The van der Waals surface area contributed by atoms with E-state index in [4.69, 9.17) is 25.8 Å². The van der Waals surface area contributed by atoms with Gasteiger partial charge in [-0.25, -0.2) is 8.42 Å². The second kappa shape index (κ2) is 8.39. The summed E-state index contributed by atoms with van der Waals surface area (Å²) in [7, 11) is -2.39. The molecule has 1 aliphatic carbocycles. The third-order valence-corrected chi connectivity index (χ3v) is 8.40. The first-order valence-electron chi connectivity index (χ1n) is 11.3. The second-order valence-electron chi connectivity index (χ2n) is 8.79. The van der Waals surface area contributed by atoms with E-state index in [0.29, 0.717) is 10.8 Å². The van der Waals surface area contributed by atoms with Crippen molar-refractivity contribution in [2.75, 3.05) is 23.9 Å². The van der Waals surface area contributed by atoms with Crippen LogP contribution in [-0.2, 0) is 10.0 Å². The smallest absolute Gasteiger partial charge is 0.262 e. The van der Waals surface area contributed by atoms with Gasteiger partial charge < -0.3 is 19.5 Å². The summed E-state index contributed by atoms with van der Waals surface area (Å²) in [4.78, 5) is 0.181. The maximum absolute atomic E-state index is 13.3. The van der Waals surface area contributed by atoms with Crippen LogP contribution in [0.4, 0.5) is 11.4 Å². The lowest BCUT2D eigenvalue weighted by molar-refractivity contribution is 0.174. The van der Waals surface area contributed by atoms with Crippen LogP contribution in [0.5, 0.6) is 17.2 Å². The predicted octanol–water partition coefficient (Wildman–Crippen LogP) is 5.70. The fourth-order valence-corrected chi connectivity index (χ4v) is 6.41. The van der Waals surface area contributed by atoms with E-state index in [9.17, 15) is 8.42 Å². The third kappa shape index (κ3) is 3.86. The lowest BCUT2D eigenvalue weighted by atomic mass is 9.77. The van der Waals surface area contributed by atoms with Gasteiger partial charge in [-0.2, -0.15) is 0 Å². The molecule has 0 saturated heterocycles. The third-order valence-electron chi connectivity index (χ3n) is 6.81. The van der Waals surface area contributed by atoms with Crippen LogP contribution < -0.4 is 24.2 Å². The average molecular weight is 511 g/mol. The number of rotatable bonds is 5. The molecule has 0 bridgehead atoms. The molecule has 0 aromatic heterocycles. The minimum Gasteiger partial charge on any atom is -0.495 e. The van der Waals surface area contributed by atoms with Gasteiger partial charge in [-0.05, 0) is 72.0 Å². The number of hydrogen-bond donors (Lipinski definition) is 2. The second-order valence-corrected chi connectivity index (χ2v) is 10.9. The van der Waals surface area contributed by atoms with Crippen LogP contribution in [0.15, 0.2) is 71.6 Å². The molecule has 3 aromatic carbocycles. The number of benzene rings is 3. The van der Waals surface area contributed by atoms with Crippen molar-refractivity contribution in [3.05, 3.63) is 82.9 Å². The Morgan fingerprint density at radius 3 is 2.77 bits per heavy atom. The molecule has 2 heterocycles. The number of fused-ring (bicyclic) bond motifs is 4. The summed E-state index contributed by atoms with van der Waals surface area (Å²) >= 11 is 6.08. The molecule has 3 atom stereocenters. The number of anilines is 2. The Bertz CT molecular complexity index is 1460. The molecule has 0 unspecified atom stereocenters. The van der Waals surface area contributed by atoms with Crippen LogP contribution in [0.1, 0.15) is 29.5 Å². The van der Waals surface area contributed by atoms with Gasteiger partial charge in [0.15, 0.2) is 11.5 Å². The van der Waals surface area contributed by atoms with Crippen molar-refractivity contribution in [2.45, 2.75) is 23.3 Å². The maximum Gasteiger partial charge on any atom is 0.262 e. The Kier molecular flexibility index (Phi) is 5.30. The van der Waals surface area contributed by atoms with E-state index in [1.807, 2.05) is 18.2 Å². The average Bonchev–Trinajstić information content (AvgIpc) is 3.52. The van der Waals surface area contributed by atoms with Crippen LogP contribution in [0.25, 0.3) is 0 Å². The molecule has 0 saturated carbocycles. The van der Waals surface area contributed by atoms with Gasteiger partial charge in [-0.1, -0.05) is 29.8 Å². The zero-order valence-electron chi connectivity index (χ0n) is 18.8. The first-order chi connectivity index (χ1) is 16.9. The van der Waals surface area contributed by atoms with Crippen molar-refractivity contribution in [1.29, 1.82) is 0 Å². The minimum atomic E-state index is -3.87. The molecule has 0 spiro atoms. The Labute approximate surface area is 208 Å². The molecule has 2 N–H and O–H groups in total. The number of nitrogens with one attached hydrogen (secondary N) is 2. The van der Waals surface area contributed by atoms with E-state index >= 15 is 0 Å². The highest BCUT2D eigenvalue weighted by atomic mass is 35.5. The summed E-state index contributed by atoms with van der Waals surface area (Å²) in [5.41, 5.74) is 3.28. The topological polar surface area (TPSA) is 85.9 Å². The quantitative estimate of drug-likeness (QED) is 0.428. The molecule has 0 radical (unpaired) electrons. The highest BCUT2D eigenvalue weighted by molar-refractivity contribution is 7.92. The molecule has 3 aliphatic rings. The minimum absolute atomic E-state index is 0.0632. The van der Waals surface area contributed by atoms with Gasteiger partial charge in [0.25, 0.3) is 10.0 Å². The van der Waals surface area contributed by atoms with Crippen molar-refractivity contribution in [1.82, 2.24) is 0 Å². The van der Waals surface area contributed by atoms with Crippen LogP contribution in [0.3, 0.4) is 0 Å². The van der Waals surface area contributed by atoms with E-state index < -0.39 is 10.0 Å². The molecule has 9 heteroatoms. The van der Waals surface area contributed by atoms with E-state index in [1.54, 1.807) is 24.3 Å². The molecule has 7 nitrogen and oxygen atoms in total. The van der Waals surface area contributed by atoms with Crippen LogP contribution in [-0.4, -0.2) is 22.3 Å². The number of halogens is 1. The van der Waals surface area contributed by atoms with Gasteiger partial charge in [0.1, 0.15) is 5.75 Å². The van der Waals surface area contributed by atoms with Gasteiger partial charge in [0, 0.05) is 16.6 Å². The number of allylic oxidation sites excluding steroid dienone is 2. The van der Waals surface area contributed by atoms with E-state index in [0.717, 1.165) is 34.7 Å². The van der Waals surface area contributed by atoms with Gasteiger partial charge in [-0.3, -0.25) is 4.72 Å². The summed E-state index contributed by atoms with van der Waals surface area (Å²) < 4.78 is 45.5. The zero-order valence-corrected chi connectivity index (χ0v) is 20.4. The summed E-state index contributed by atoms with van der Waals surface area (Å²) in [5.74, 6) is 2.24. The standard InChI is InChI=1S/C26H23ClN2O5S/c1-32-23-10-6-16(27)12-22(23)29-35(30,31)17-7-8-21-20(13-17)18-3-2-4-19(18)26(28-21)15-5-9-24-25(11-15)34-14-33-24/h2-3,5-13,18-19,26,28-29H,4,14H2,1H3/t18-,19+,26+/m0/s1. The predicted molar refractivity (Wildman–Crippen MR) is 134 cm³/mol. The monoisotopic (exact) mass is 510 g/mol. The Morgan fingerprint density at radius 2 is 1.91 bits per heavy atom. The molecule has 35 heavy (non-hydrogen) atoms. The molecular weight excluding hydrogens is 488 g/mol. The fourth-order valence-electron chi connectivity index (χ4n) is 5.14. The van der Waals surface area contributed by atoms with Crippen molar-refractivity contribution >= 4 is 33.0 Å². The lowest BCUT2D eigenvalue weighted by Gasteiger charge is -2.37. The lowest BCUT2D eigenvalue weighted by Crippen LogP contribution is -2.29. The van der Waals surface area contributed by atoms with Crippen LogP contribution >= 0.6 is 11.6 Å². The maximum atomic E-state index is 13.3. The molecule has 180 valence electrons. The number of methoxy groups -OCH3 is 1. The summed E-state index contributed by atoms with van der Waals surface area (Å²) in [6.45, 7) is 0.236. The van der Waals surface area contributed by atoms with Crippen LogP contribution in [0, 0.1) is 5.92 Å². The van der Waals surface area contributed by atoms with Crippen molar-refractivity contribution in [2.24, 2.45) is 5.92 Å². The van der Waals surface area contributed by atoms with Gasteiger partial charge in [-0.15, -0.1) is 0 Å². The van der Waals surface area contributed by atoms with Crippen molar-refractivity contribution < 1.29 is 22.6 Å².